The summed E-state index contributed by atoms with van der Waals surface area (Å²) < 4.78 is 28.1. The predicted octanol–water partition coefficient (Wildman–Crippen LogP) is 2.87. The largest absolute Gasteiger partial charge is 0.250 e. The van der Waals surface area contributed by atoms with Crippen molar-refractivity contribution in [1.29, 1.82) is 0 Å². The van der Waals surface area contributed by atoms with Gasteiger partial charge in [-0.25, -0.2) is 4.79 Å². The van der Waals surface area contributed by atoms with Crippen molar-refractivity contribution in [2.75, 3.05) is 0 Å². The molecule has 0 aliphatic heterocycles. The number of halogens is 2. The second-order valence-corrected chi connectivity index (χ2v) is 3.48. The maximum Gasteiger partial charge on any atom is 0.250 e. The molecule has 0 aromatic heterocycles. The molecule has 0 atom stereocenters. The van der Waals surface area contributed by atoms with E-state index in [4.69, 9.17) is 0 Å². The van der Waals surface area contributed by atoms with Gasteiger partial charge in [0.1, 0.15) is 0 Å². The van der Waals surface area contributed by atoms with Gasteiger partial charge in [0.15, 0.2) is 11.0 Å². The van der Waals surface area contributed by atoms with Gasteiger partial charge in [0.25, 0.3) is 6.08 Å². The Hall–Kier alpha value is -1.19. The number of carbonyl (C=O) groups excluding carboxylic acids is 1. The molecule has 0 radical (unpaired) electrons. The molecule has 0 saturated heterocycles. The van der Waals surface area contributed by atoms with E-state index in [1.807, 2.05) is 0 Å². The molecule has 64 valence electrons. The van der Waals surface area contributed by atoms with Crippen LogP contribution in [-0.4, -0.2) is 6.08 Å². The van der Waals surface area contributed by atoms with E-state index in [0.29, 0.717) is 0 Å². The van der Waals surface area contributed by atoms with Gasteiger partial charge in [-0.2, -0.15) is 0 Å². The molecule has 12 heavy (non-hydrogen) atoms. The van der Waals surface area contributed by atoms with E-state index >= 15 is 0 Å². The molecule has 1 aromatic rings. The third-order valence-corrected chi connectivity index (χ3v) is 2.32. The summed E-state index contributed by atoms with van der Waals surface area (Å²) in [6.45, 7) is 0. The standard InChI is InChI=1S/C7H5F2NOS/c8-12(9,10-6-11)7-4-2-1-3-5-7/h1-5H. The van der Waals surface area contributed by atoms with Gasteiger partial charge >= 0.3 is 0 Å². The van der Waals surface area contributed by atoms with Crippen molar-refractivity contribution in [3.05, 3.63) is 30.3 Å². The third-order valence-electron chi connectivity index (χ3n) is 1.18. The van der Waals surface area contributed by atoms with Crippen LogP contribution >= 0.6 is 11.0 Å². The third kappa shape index (κ3) is 1.90. The van der Waals surface area contributed by atoms with Crippen molar-refractivity contribution in [2.24, 2.45) is 4.40 Å². The summed E-state index contributed by atoms with van der Waals surface area (Å²) >= 11 is 0. The highest BCUT2D eigenvalue weighted by Gasteiger charge is 2.23. The molecule has 0 aliphatic carbocycles. The molecule has 2 nitrogen and oxygen atoms in total. The number of hydrogen-bond donors (Lipinski definition) is 0. The molecule has 0 heterocycles. The van der Waals surface area contributed by atoms with E-state index in [1.165, 1.54) is 24.3 Å². The van der Waals surface area contributed by atoms with Gasteiger partial charge in [-0.1, -0.05) is 22.6 Å². The van der Waals surface area contributed by atoms with E-state index in [0.717, 1.165) is 6.08 Å². The lowest BCUT2D eigenvalue weighted by Gasteiger charge is -2.11. The number of hydrogen-bond acceptors (Lipinski definition) is 2. The molecular formula is C7H5F2NOS. The lowest BCUT2D eigenvalue weighted by Crippen LogP contribution is -1.81. The van der Waals surface area contributed by atoms with Crippen molar-refractivity contribution < 1.29 is 12.6 Å². The second kappa shape index (κ2) is 3.47. The molecule has 0 bridgehead atoms. The molecule has 0 amide bonds. The van der Waals surface area contributed by atoms with Crippen LogP contribution in [0.15, 0.2) is 39.6 Å². The molecule has 0 fully saturated rings. The molecule has 1 rings (SSSR count). The van der Waals surface area contributed by atoms with Crippen LogP contribution in [0.2, 0.25) is 0 Å². The predicted molar refractivity (Wildman–Crippen MR) is 42.6 cm³/mol. The summed E-state index contributed by atoms with van der Waals surface area (Å²) in [4.78, 5) is 9.41. The van der Waals surface area contributed by atoms with Gasteiger partial charge in [-0.05, 0) is 12.1 Å². The van der Waals surface area contributed by atoms with E-state index < -0.39 is 11.0 Å². The van der Waals surface area contributed by atoms with Crippen molar-refractivity contribution in [1.82, 2.24) is 0 Å². The fraction of sp³-hybridized carbons (Fsp3) is 0. The highest BCUT2D eigenvalue weighted by Crippen LogP contribution is 2.59. The fourth-order valence-electron chi connectivity index (χ4n) is 0.684. The molecule has 0 saturated carbocycles. The summed E-state index contributed by atoms with van der Waals surface area (Å²) in [7, 11) is -4.31. The van der Waals surface area contributed by atoms with Crippen molar-refractivity contribution >= 4 is 17.1 Å². The zero-order chi connectivity index (χ0) is 9.03. The first-order valence-corrected chi connectivity index (χ1v) is 4.42. The van der Waals surface area contributed by atoms with Gasteiger partial charge in [-0.15, -0.1) is 7.77 Å². The lowest BCUT2D eigenvalue weighted by molar-refractivity contribution is 0.565. The molecular weight excluding hydrogens is 184 g/mol. The van der Waals surface area contributed by atoms with Crippen LogP contribution in [-0.2, 0) is 4.79 Å². The molecule has 0 unspecified atom stereocenters. The van der Waals surface area contributed by atoms with Crippen LogP contribution in [0, 0.1) is 0 Å². The van der Waals surface area contributed by atoms with Crippen LogP contribution in [0.1, 0.15) is 0 Å². The number of nitrogens with zero attached hydrogens (tertiary/aromatic N) is 1. The minimum absolute atomic E-state index is 0.228. The number of benzene rings is 1. The van der Waals surface area contributed by atoms with Crippen LogP contribution in [0.4, 0.5) is 7.77 Å². The van der Waals surface area contributed by atoms with Crippen LogP contribution < -0.4 is 0 Å². The zero-order valence-electron chi connectivity index (χ0n) is 5.91. The van der Waals surface area contributed by atoms with E-state index in [1.54, 1.807) is 6.07 Å². The molecule has 0 N–H and O–H groups in total. The Labute approximate surface area is 70.0 Å². The number of isocyanates is 1. The Balaban J connectivity index is 3.05. The minimum atomic E-state index is -4.31. The first-order valence-electron chi connectivity index (χ1n) is 3.03. The van der Waals surface area contributed by atoms with Gasteiger partial charge in [0.2, 0.25) is 0 Å². The second-order valence-electron chi connectivity index (χ2n) is 1.94. The Morgan fingerprint density at radius 3 is 2.33 bits per heavy atom. The molecule has 5 heteroatoms. The average molecular weight is 189 g/mol. The average Bonchev–Trinajstić information content (AvgIpc) is 2.06. The molecule has 1 aromatic carbocycles. The molecule has 0 spiro atoms. The van der Waals surface area contributed by atoms with Gasteiger partial charge < -0.3 is 0 Å². The Morgan fingerprint density at radius 2 is 1.83 bits per heavy atom. The minimum Gasteiger partial charge on any atom is -0.210 e. The van der Waals surface area contributed by atoms with Crippen molar-refractivity contribution in [2.45, 2.75) is 4.90 Å². The fourth-order valence-corrected chi connectivity index (χ4v) is 1.37. The SMILES string of the molecule is O=C=NS(F)(F)c1ccccc1. The summed E-state index contributed by atoms with van der Waals surface area (Å²) in [5, 5.41) is 0. The molecule has 0 aliphatic rings. The quantitative estimate of drug-likeness (QED) is 0.519. The lowest BCUT2D eigenvalue weighted by atomic mass is 10.4. The smallest absolute Gasteiger partial charge is 0.210 e. The summed E-state index contributed by atoms with van der Waals surface area (Å²) in [6, 6.07) is 7.02. The van der Waals surface area contributed by atoms with Crippen LogP contribution in [0.5, 0.6) is 0 Å². The topological polar surface area (TPSA) is 29.4 Å². The summed E-state index contributed by atoms with van der Waals surface area (Å²) in [5.41, 5.74) is 0. The van der Waals surface area contributed by atoms with Gasteiger partial charge in [0, 0.05) is 0 Å². The summed E-state index contributed by atoms with van der Waals surface area (Å²) in [5.74, 6) is 0. The first-order chi connectivity index (χ1) is 5.67. The normalized spacial score (nSPS) is 11.8. The monoisotopic (exact) mass is 189 g/mol. The maximum absolute atomic E-state index is 12.8. The highest BCUT2D eigenvalue weighted by atomic mass is 32.3. The van der Waals surface area contributed by atoms with Crippen LogP contribution in [0.25, 0.3) is 0 Å². The highest BCUT2D eigenvalue weighted by molar-refractivity contribution is 8.24. The van der Waals surface area contributed by atoms with Gasteiger partial charge in [0.05, 0.1) is 4.90 Å². The van der Waals surface area contributed by atoms with Crippen molar-refractivity contribution in [3.63, 3.8) is 0 Å². The Bertz CT molecular complexity index is 308. The van der Waals surface area contributed by atoms with E-state index in [-0.39, 0.29) is 4.90 Å². The van der Waals surface area contributed by atoms with E-state index in [2.05, 4.69) is 4.40 Å². The Kier molecular flexibility index (Phi) is 2.58. The van der Waals surface area contributed by atoms with Crippen molar-refractivity contribution in [3.8, 4) is 0 Å². The maximum atomic E-state index is 12.8. The van der Waals surface area contributed by atoms with Crippen LogP contribution in [0.3, 0.4) is 0 Å². The van der Waals surface area contributed by atoms with Gasteiger partial charge in [-0.3, -0.25) is 0 Å². The zero-order valence-corrected chi connectivity index (χ0v) is 6.72. The number of rotatable bonds is 2. The Morgan fingerprint density at radius 1 is 1.25 bits per heavy atom. The first kappa shape index (κ1) is 8.90. The summed E-state index contributed by atoms with van der Waals surface area (Å²) in [6.07, 6.45) is 0.868. The van der Waals surface area contributed by atoms with E-state index in [9.17, 15) is 12.6 Å².